The van der Waals surface area contributed by atoms with Gasteiger partial charge >= 0.3 is 0 Å². The van der Waals surface area contributed by atoms with Crippen molar-refractivity contribution in [1.29, 1.82) is 0 Å². The summed E-state index contributed by atoms with van der Waals surface area (Å²) in [7, 11) is 5.14. The van der Waals surface area contributed by atoms with E-state index in [1.54, 1.807) is 19.1 Å². The third-order valence-corrected chi connectivity index (χ3v) is 2.76. The van der Waals surface area contributed by atoms with E-state index in [1.165, 1.54) is 0 Å². The van der Waals surface area contributed by atoms with Crippen molar-refractivity contribution in [3.8, 4) is 0 Å². The first kappa shape index (κ1) is 12.4. The first-order valence-corrected chi connectivity index (χ1v) is 5.21. The third-order valence-electron chi connectivity index (χ3n) is 2.76. The van der Waals surface area contributed by atoms with Gasteiger partial charge in [-0.1, -0.05) is 0 Å². The number of methoxy groups -OCH3 is 2. The summed E-state index contributed by atoms with van der Waals surface area (Å²) in [6.45, 7) is 1.99. The summed E-state index contributed by atoms with van der Waals surface area (Å²) < 4.78 is 10.5. The molecule has 0 aromatic heterocycles. The van der Waals surface area contributed by atoms with Gasteiger partial charge in [0.25, 0.3) is 0 Å². The van der Waals surface area contributed by atoms with Crippen molar-refractivity contribution in [2.75, 3.05) is 40.9 Å². The number of hydrogen-bond donors (Lipinski definition) is 1. The van der Waals surface area contributed by atoms with E-state index in [9.17, 15) is 4.79 Å². The highest BCUT2D eigenvalue weighted by Gasteiger charge is 2.34. The van der Waals surface area contributed by atoms with Crippen LogP contribution >= 0.6 is 0 Å². The number of nitrogens with one attached hydrogen (secondary N) is 1. The Morgan fingerprint density at radius 3 is 2.27 bits per heavy atom. The number of nitrogens with zero attached hydrogens (tertiary/aromatic N) is 1. The average molecular weight is 216 g/mol. The minimum absolute atomic E-state index is 0.00790. The highest BCUT2D eigenvalue weighted by molar-refractivity contribution is 5.76. The summed E-state index contributed by atoms with van der Waals surface area (Å²) in [6.07, 6.45) is 0.547. The van der Waals surface area contributed by atoms with E-state index in [-0.39, 0.29) is 18.1 Å². The van der Waals surface area contributed by atoms with Gasteiger partial charge in [-0.05, 0) is 7.05 Å². The van der Waals surface area contributed by atoms with Crippen LogP contribution < -0.4 is 5.32 Å². The lowest BCUT2D eigenvalue weighted by Gasteiger charge is -2.15. The Morgan fingerprint density at radius 2 is 1.87 bits per heavy atom. The van der Waals surface area contributed by atoms with E-state index < -0.39 is 0 Å². The zero-order chi connectivity index (χ0) is 11.3. The molecule has 1 aliphatic heterocycles. The number of hydrogen-bond acceptors (Lipinski definition) is 4. The van der Waals surface area contributed by atoms with Crippen LogP contribution in [0.15, 0.2) is 0 Å². The van der Waals surface area contributed by atoms with Gasteiger partial charge in [0.15, 0.2) is 0 Å². The molecular weight excluding hydrogens is 196 g/mol. The summed E-state index contributed by atoms with van der Waals surface area (Å²) in [4.78, 5) is 13.5. The topological polar surface area (TPSA) is 50.8 Å². The van der Waals surface area contributed by atoms with Crippen molar-refractivity contribution in [1.82, 2.24) is 10.2 Å². The van der Waals surface area contributed by atoms with Crippen molar-refractivity contribution >= 4 is 5.91 Å². The fraction of sp³-hybridized carbons (Fsp3) is 0.900. The Kier molecular flexibility index (Phi) is 5.01. The SMILES string of the molecule is CNCCC(=O)N1CC(OC)C(OC)C1. The number of amides is 1. The zero-order valence-corrected chi connectivity index (χ0v) is 9.66. The van der Waals surface area contributed by atoms with Crippen LogP contribution in [0.3, 0.4) is 0 Å². The number of ether oxygens (including phenoxy) is 2. The van der Waals surface area contributed by atoms with Gasteiger partial charge in [0.2, 0.25) is 5.91 Å². The molecule has 88 valence electrons. The molecule has 5 heteroatoms. The van der Waals surface area contributed by atoms with Gasteiger partial charge in [0.1, 0.15) is 12.2 Å². The monoisotopic (exact) mass is 216 g/mol. The Labute approximate surface area is 90.7 Å². The zero-order valence-electron chi connectivity index (χ0n) is 9.66. The number of rotatable bonds is 5. The lowest BCUT2D eigenvalue weighted by atomic mass is 10.3. The molecule has 0 saturated carbocycles. The van der Waals surface area contributed by atoms with E-state index in [2.05, 4.69) is 5.32 Å². The standard InChI is InChI=1S/C10H20N2O3/c1-11-5-4-10(13)12-6-8(14-2)9(7-12)15-3/h8-9,11H,4-7H2,1-3H3. The predicted molar refractivity (Wildman–Crippen MR) is 56.7 cm³/mol. The molecule has 1 rings (SSSR count). The van der Waals surface area contributed by atoms with Crippen LogP contribution in [0.5, 0.6) is 0 Å². The minimum atomic E-state index is 0.00790. The van der Waals surface area contributed by atoms with Gasteiger partial charge < -0.3 is 19.7 Å². The van der Waals surface area contributed by atoms with Gasteiger partial charge in [-0.25, -0.2) is 0 Å². The first-order valence-electron chi connectivity index (χ1n) is 5.21. The maximum Gasteiger partial charge on any atom is 0.224 e. The highest BCUT2D eigenvalue weighted by Crippen LogP contribution is 2.16. The summed E-state index contributed by atoms with van der Waals surface area (Å²) in [6, 6.07) is 0. The maximum atomic E-state index is 11.7. The minimum Gasteiger partial charge on any atom is -0.377 e. The van der Waals surface area contributed by atoms with Crippen molar-refractivity contribution in [2.45, 2.75) is 18.6 Å². The second kappa shape index (κ2) is 6.05. The van der Waals surface area contributed by atoms with Gasteiger partial charge in [-0.3, -0.25) is 4.79 Å². The van der Waals surface area contributed by atoms with Crippen LogP contribution in [-0.2, 0) is 14.3 Å². The molecule has 1 saturated heterocycles. The molecule has 2 atom stereocenters. The van der Waals surface area contributed by atoms with Crippen molar-refractivity contribution in [2.24, 2.45) is 0 Å². The highest BCUT2D eigenvalue weighted by atomic mass is 16.5. The predicted octanol–water partition coefficient (Wildman–Crippen LogP) is -0.532. The number of likely N-dealkylation sites (tertiary alicyclic amines) is 1. The summed E-state index contributed by atoms with van der Waals surface area (Å²) in [5.74, 6) is 0.158. The summed E-state index contributed by atoms with van der Waals surface area (Å²) >= 11 is 0. The van der Waals surface area contributed by atoms with Crippen LogP contribution in [0.1, 0.15) is 6.42 Å². The largest absolute Gasteiger partial charge is 0.377 e. The van der Waals surface area contributed by atoms with E-state index in [0.717, 1.165) is 0 Å². The molecule has 0 aromatic rings. The van der Waals surface area contributed by atoms with Crippen molar-refractivity contribution < 1.29 is 14.3 Å². The van der Waals surface area contributed by atoms with E-state index in [0.29, 0.717) is 26.1 Å². The Hall–Kier alpha value is -0.650. The molecule has 2 unspecified atom stereocenters. The van der Waals surface area contributed by atoms with Crippen LogP contribution in [-0.4, -0.2) is 63.9 Å². The Bertz CT molecular complexity index is 199. The molecule has 0 aromatic carbocycles. The molecule has 15 heavy (non-hydrogen) atoms. The molecule has 1 N–H and O–H groups in total. The van der Waals surface area contributed by atoms with Gasteiger partial charge in [-0.15, -0.1) is 0 Å². The average Bonchev–Trinajstić information content (AvgIpc) is 2.68. The van der Waals surface area contributed by atoms with Gasteiger partial charge in [0.05, 0.1) is 0 Å². The van der Waals surface area contributed by atoms with Crippen LogP contribution in [0.2, 0.25) is 0 Å². The molecule has 0 aliphatic carbocycles. The molecule has 5 nitrogen and oxygen atoms in total. The second-order valence-corrected chi connectivity index (χ2v) is 3.70. The van der Waals surface area contributed by atoms with Crippen molar-refractivity contribution in [3.05, 3.63) is 0 Å². The Balaban J connectivity index is 2.42. The molecule has 1 fully saturated rings. The quantitative estimate of drug-likeness (QED) is 0.671. The van der Waals surface area contributed by atoms with Gasteiger partial charge in [0, 0.05) is 40.3 Å². The Morgan fingerprint density at radius 1 is 1.33 bits per heavy atom. The summed E-state index contributed by atoms with van der Waals surface area (Å²) in [5, 5.41) is 2.96. The lowest BCUT2D eigenvalue weighted by Crippen LogP contribution is -2.31. The lowest BCUT2D eigenvalue weighted by molar-refractivity contribution is -0.130. The molecule has 0 bridgehead atoms. The second-order valence-electron chi connectivity index (χ2n) is 3.70. The van der Waals surface area contributed by atoms with E-state index in [1.807, 2.05) is 7.05 Å². The van der Waals surface area contributed by atoms with Crippen LogP contribution in [0.25, 0.3) is 0 Å². The van der Waals surface area contributed by atoms with E-state index in [4.69, 9.17) is 9.47 Å². The fourth-order valence-corrected chi connectivity index (χ4v) is 1.79. The fourth-order valence-electron chi connectivity index (χ4n) is 1.79. The molecular formula is C10H20N2O3. The number of carbonyl (C=O) groups excluding carboxylic acids is 1. The third kappa shape index (κ3) is 3.15. The number of carbonyl (C=O) groups is 1. The normalized spacial score (nSPS) is 25.9. The smallest absolute Gasteiger partial charge is 0.224 e. The molecule has 1 amide bonds. The molecule has 0 radical (unpaired) electrons. The maximum absolute atomic E-state index is 11.7. The van der Waals surface area contributed by atoms with Gasteiger partial charge in [-0.2, -0.15) is 0 Å². The summed E-state index contributed by atoms with van der Waals surface area (Å²) in [5.41, 5.74) is 0. The molecule has 1 heterocycles. The van der Waals surface area contributed by atoms with Crippen LogP contribution in [0.4, 0.5) is 0 Å². The van der Waals surface area contributed by atoms with Crippen molar-refractivity contribution in [3.63, 3.8) is 0 Å². The first-order chi connectivity index (χ1) is 7.22. The van der Waals surface area contributed by atoms with Crippen LogP contribution in [0, 0.1) is 0 Å². The molecule has 1 aliphatic rings. The molecule has 0 spiro atoms. The van der Waals surface area contributed by atoms with E-state index >= 15 is 0 Å².